The van der Waals surface area contributed by atoms with Gasteiger partial charge in [-0.1, -0.05) is 32.8 Å². The highest BCUT2D eigenvalue weighted by Gasteiger charge is 2.03. The van der Waals surface area contributed by atoms with Crippen LogP contribution in [0.25, 0.3) is 0 Å². The molecule has 0 radical (unpaired) electrons. The smallest absolute Gasteiger partial charge is 0.225 e. The first-order valence-electron chi connectivity index (χ1n) is 5.97. The van der Waals surface area contributed by atoms with Crippen LogP contribution < -0.4 is 5.32 Å². The number of carbonyl (C=O) groups excluding carboxylic acids is 1. The van der Waals surface area contributed by atoms with Crippen molar-refractivity contribution in [1.29, 1.82) is 0 Å². The molecule has 1 rings (SSSR count). The number of rotatable bonds is 7. The summed E-state index contributed by atoms with van der Waals surface area (Å²) < 4.78 is 0. The van der Waals surface area contributed by atoms with Crippen molar-refractivity contribution in [3.05, 3.63) is 22.4 Å². The molecule has 0 saturated heterocycles. The van der Waals surface area contributed by atoms with E-state index in [0.29, 0.717) is 6.42 Å². The first-order valence-corrected chi connectivity index (χ1v) is 6.85. The van der Waals surface area contributed by atoms with Crippen molar-refractivity contribution in [1.82, 2.24) is 5.32 Å². The molecule has 0 bridgehead atoms. The summed E-state index contributed by atoms with van der Waals surface area (Å²) in [5.74, 6) is 0.911. The second kappa shape index (κ2) is 7.44. The Morgan fingerprint density at radius 1 is 1.44 bits per heavy atom. The highest BCUT2D eigenvalue weighted by atomic mass is 32.1. The van der Waals surface area contributed by atoms with Gasteiger partial charge in [0.05, 0.1) is 6.42 Å². The number of carbonyl (C=O) groups is 1. The Balaban J connectivity index is 2.03. The molecule has 0 aliphatic rings. The first-order chi connectivity index (χ1) is 7.68. The molecular weight excluding hydrogens is 218 g/mol. The predicted molar refractivity (Wildman–Crippen MR) is 69.7 cm³/mol. The Hall–Kier alpha value is -0.830. The molecule has 0 unspecified atom stereocenters. The Morgan fingerprint density at radius 3 is 2.88 bits per heavy atom. The molecule has 0 aromatic carbocycles. The summed E-state index contributed by atoms with van der Waals surface area (Å²) >= 11 is 1.64. The molecular formula is C13H21NOS. The van der Waals surface area contributed by atoms with E-state index < -0.39 is 0 Å². The van der Waals surface area contributed by atoms with Crippen molar-refractivity contribution in [2.24, 2.45) is 5.92 Å². The van der Waals surface area contributed by atoms with Gasteiger partial charge in [0, 0.05) is 11.4 Å². The van der Waals surface area contributed by atoms with Gasteiger partial charge in [0.1, 0.15) is 0 Å². The van der Waals surface area contributed by atoms with Gasteiger partial charge in [-0.15, -0.1) is 11.3 Å². The van der Waals surface area contributed by atoms with Crippen LogP contribution in [-0.2, 0) is 11.2 Å². The molecule has 3 heteroatoms. The van der Waals surface area contributed by atoms with E-state index >= 15 is 0 Å². The van der Waals surface area contributed by atoms with Crippen molar-refractivity contribution < 1.29 is 4.79 Å². The molecule has 16 heavy (non-hydrogen) atoms. The topological polar surface area (TPSA) is 29.1 Å². The Bertz CT molecular complexity index is 293. The quantitative estimate of drug-likeness (QED) is 0.727. The van der Waals surface area contributed by atoms with E-state index in [9.17, 15) is 4.79 Å². The van der Waals surface area contributed by atoms with Crippen LogP contribution in [-0.4, -0.2) is 12.5 Å². The molecule has 0 saturated carbocycles. The van der Waals surface area contributed by atoms with E-state index in [2.05, 4.69) is 19.2 Å². The maximum absolute atomic E-state index is 11.5. The lowest BCUT2D eigenvalue weighted by Gasteiger charge is -2.05. The number of nitrogens with one attached hydrogen (secondary N) is 1. The van der Waals surface area contributed by atoms with Crippen molar-refractivity contribution in [2.45, 2.75) is 39.5 Å². The van der Waals surface area contributed by atoms with Crippen molar-refractivity contribution in [3.63, 3.8) is 0 Å². The van der Waals surface area contributed by atoms with Crippen LogP contribution in [0.1, 0.15) is 38.0 Å². The van der Waals surface area contributed by atoms with Crippen molar-refractivity contribution in [2.75, 3.05) is 6.54 Å². The molecule has 2 nitrogen and oxygen atoms in total. The lowest BCUT2D eigenvalue weighted by atomic mass is 10.1. The van der Waals surface area contributed by atoms with Gasteiger partial charge in [-0.25, -0.2) is 0 Å². The average Bonchev–Trinajstić information content (AvgIpc) is 2.69. The fourth-order valence-electron chi connectivity index (χ4n) is 1.54. The largest absolute Gasteiger partial charge is 0.356 e. The second-order valence-electron chi connectivity index (χ2n) is 4.50. The van der Waals surface area contributed by atoms with Gasteiger partial charge in [-0.2, -0.15) is 0 Å². The van der Waals surface area contributed by atoms with Crippen LogP contribution in [0, 0.1) is 5.92 Å². The van der Waals surface area contributed by atoms with Gasteiger partial charge < -0.3 is 5.32 Å². The number of hydrogen-bond donors (Lipinski definition) is 1. The highest BCUT2D eigenvalue weighted by molar-refractivity contribution is 7.10. The second-order valence-corrected chi connectivity index (χ2v) is 5.53. The maximum Gasteiger partial charge on any atom is 0.225 e. The average molecular weight is 239 g/mol. The Kier molecular flexibility index (Phi) is 6.16. The first kappa shape index (κ1) is 13.2. The lowest BCUT2D eigenvalue weighted by molar-refractivity contribution is -0.120. The van der Waals surface area contributed by atoms with E-state index in [1.165, 1.54) is 12.8 Å². The molecule has 1 amide bonds. The van der Waals surface area contributed by atoms with Gasteiger partial charge in [-0.05, 0) is 23.8 Å². The van der Waals surface area contributed by atoms with Crippen LogP contribution in [0.2, 0.25) is 0 Å². The molecule has 0 aliphatic carbocycles. The van der Waals surface area contributed by atoms with E-state index in [-0.39, 0.29) is 5.91 Å². The van der Waals surface area contributed by atoms with Gasteiger partial charge in [0.25, 0.3) is 0 Å². The molecule has 1 aromatic rings. The highest BCUT2D eigenvalue weighted by Crippen LogP contribution is 2.09. The van der Waals surface area contributed by atoms with Crippen LogP contribution in [0.5, 0.6) is 0 Å². The third-order valence-electron chi connectivity index (χ3n) is 2.45. The normalized spacial score (nSPS) is 10.7. The molecule has 0 fully saturated rings. The number of amides is 1. The summed E-state index contributed by atoms with van der Waals surface area (Å²) in [6.45, 7) is 5.28. The standard InChI is InChI=1S/C13H21NOS/c1-11(2)6-3-4-8-14-13(15)10-12-7-5-9-16-12/h5,7,9,11H,3-4,6,8,10H2,1-2H3,(H,14,15). The zero-order valence-corrected chi connectivity index (χ0v) is 11.0. The maximum atomic E-state index is 11.5. The number of unbranched alkanes of at least 4 members (excludes halogenated alkanes) is 1. The summed E-state index contributed by atoms with van der Waals surface area (Å²) in [7, 11) is 0. The van der Waals surface area contributed by atoms with E-state index in [0.717, 1.165) is 23.8 Å². The summed E-state index contributed by atoms with van der Waals surface area (Å²) in [4.78, 5) is 12.6. The van der Waals surface area contributed by atoms with Crippen LogP contribution in [0.3, 0.4) is 0 Å². The van der Waals surface area contributed by atoms with E-state index in [1.807, 2.05) is 17.5 Å². The van der Waals surface area contributed by atoms with Gasteiger partial charge in [-0.3, -0.25) is 4.79 Å². The monoisotopic (exact) mass is 239 g/mol. The molecule has 0 atom stereocenters. The minimum Gasteiger partial charge on any atom is -0.356 e. The Morgan fingerprint density at radius 2 is 2.25 bits per heavy atom. The van der Waals surface area contributed by atoms with E-state index in [4.69, 9.17) is 0 Å². The number of hydrogen-bond acceptors (Lipinski definition) is 2. The molecule has 1 N–H and O–H groups in total. The SMILES string of the molecule is CC(C)CCCCNC(=O)Cc1cccs1. The Labute approximate surface area is 102 Å². The fourth-order valence-corrected chi connectivity index (χ4v) is 2.24. The van der Waals surface area contributed by atoms with Crippen LogP contribution in [0.4, 0.5) is 0 Å². The number of thiophene rings is 1. The minimum absolute atomic E-state index is 0.145. The third-order valence-corrected chi connectivity index (χ3v) is 3.32. The summed E-state index contributed by atoms with van der Waals surface area (Å²) in [6.07, 6.45) is 4.08. The molecule has 1 aromatic heterocycles. The minimum atomic E-state index is 0.145. The van der Waals surface area contributed by atoms with Crippen molar-refractivity contribution >= 4 is 17.2 Å². The van der Waals surface area contributed by atoms with Gasteiger partial charge >= 0.3 is 0 Å². The summed E-state index contributed by atoms with van der Waals surface area (Å²) in [5, 5.41) is 4.97. The lowest BCUT2D eigenvalue weighted by Crippen LogP contribution is -2.25. The zero-order valence-electron chi connectivity index (χ0n) is 10.2. The molecule has 0 aliphatic heterocycles. The van der Waals surface area contributed by atoms with Crippen LogP contribution in [0.15, 0.2) is 17.5 Å². The van der Waals surface area contributed by atoms with Gasteiger partial charge in [0.2, 0.25) is 5.91 Å². The summed E-state index contributed by atoms with van der Waals surface area (Å²) in [5.41, 5.74) is 0. The van der Waals surface area contributed by atoms with Crippen LogP contribution >= 0.6 is 11.3 Å². The fraction of sp³-hybridized carbons (Fsp3) is 0.615. The third kappa shape index (κ3) is 5.91. The van der Waals surface area contributed by atoms with Gasteiger partial charge in [0.15, 0.2) is 0 Å². The van der Waals surface area contributed by atoms with E-state index in [1.54, 1.807) is 11.3 Å². The molecule has 0 spiro atoms. The summed E-state index contributed by atoms with van der Waals surface area (Å²) in [6, 6.07) is 3.99. The molecule has 90 valence electrons. The van der Waals surface area contributed by atoms with Crippen molar-refractivity contribution in [3.8, 4) is 0 Å². The zero-order chi connectivity index (χ0) is 11.8. The predicted octanol–water partition coefficient (Wildman–Crippen LogP) is 3.23. The molecule has 1 heterocycles.